The molecule has 0 spiro atoms. The number of carbonyl (C=O) groups is 1. The molecule has 0 saturated carbocycles. The fraction of sp³-hybridized carbons (Fsp3) is 0.133. The largest absolute Gasteiger partial charge is 0.369 e. The van der Waals surface area contributed by atoms with Gasteiger partial charge in [0.15, 0.2) is 0 Å². The summed E-state index contributed by atoms with van der Waals surface area (Å²) in [5, 5.41) is 0.666. The van der Waals surface area contributed by atoms with Crippen LogP contribution in [-0.2, 0) is 10.5 Å². The molecule has 0 aliphatic carbocycles. The Hall–Kier alpha value is -1.83. The summed E-state index contributed by atoms with van der Waals surface area (Å²) in [6.45, 7) is 0. The molecule has 0 radical (unpaired) electrons. The van der Waals surface area contributed by atoms with Crippen molar-refractivity contribution < 1.29 is 4.79 Å². The Labute approximate surface area is 144 Å². The monoisotopic (exact) mass is 365 g/mol. The summed E-state index contributed by atoms with van der Waals surface area (Å²) in [7, 11) is 0. The van der Waals surface area contributed by atoms with Crippen LogP contribution in [0.2, 0.25) is 5.02 Å². The van der Waals surface area contributed by atoms with Gasteiger partial charge in [-0.3, -0.25) is 9.59 Å². The highest BCUT2D eigenvalue weighted by atomic mass is 35.5. The Bertz CT molecular complexity index is 919. The third-order valence-corrected chi connectivity index (χ3v) is 5.43. The summed E-state index contributed by atoms with van der Waals surface area (Å²) in [6.07, 6.45) is 0. The summed E-state index contributed by atoms with van der Waals surface area (Å²) in [5.41, 5.74) is 6.56. The zero-order valence-electron chi connectivity index (χ0n) is 11.8. The smallest absolute Gasteiger partial charge is 0.268 e. The molecule has 2 aromatic heterocycles. The van der Waals surface area contributed by atoms with Crippen LogP contribution >= 0.6 is 34.7 Å². The van der Waals surface area contributed by atoms with Crippen molar-refractivity contribution in [3.63, 3.8) is 0 Å². The van der Waals surface area contributed by atoms with Crippen LogP contribution in [0.15, 0.2) is 35.1 Å². The van der Waals surface area contributed by atoms with Gasteiger partial charge in [-0.1, -0.05) is 23.7 Å². The lowest BCUT2D eigenvalue weighted by atomic mass is 10.2. The van der Waals surface area contributed by atoms with Crippen LogP contribution in [-0.4, -0.2) is 21.6 Å². The minimum atomic E-state index is -0.390. The Kier molecular flexibility index (Phi) is 4.70. The van der Waals surface area contributed by atoms with E-state index in [0.29, 0.717) is 26.8 Å². The van der Waals surface area contributed by atoms with E-state index in [9.17, 15) is 9.59 Å². The van der Waals surface area contributed by atoms with E-state index in [1.807, 2.05) is 30.3 Å². The number of carbonyl (C=O) groups excluding carboxylic acids is 1. The normalized spacial score (nSPS) is 11.0. The van der Waals surface area contributed by atoms with E-state index in [2.05, 4.69) is 9.97 Å². The Morgan fingerprint density at radius 2 is 2.09 bits per heavy atom. The number of H-pyrrole nitrogens is 1. The first-order valence-corrected chi connectivity index (χ1v) is 9.02. The number of hydrogen-bond acceptors (Lipinski definition) is 5. The van der Waals surface area contributed by atoms with Crippen LogP contribution in [0.4, 0.5) is 0 Å². The van der Waals surface area contributed by atoms with Crippen LogP contribution < -0.4 is 11.3 Å². The Morgan fingerprint density at radius 3 is 2.78 bits per heavy atom. The van der Waals surface area contributed by atoms with Crippen molar-refractivity contribution in [2.24, 2.45) is 5.73 Å². The van der Waals surface area contributed by atoms with E-state index in [0.717, 1.165) is 10.4 Å². The molecule has 0 aliphatic heterocycles. The van der Waals surface area contributed by atoms with Gasteiger partial charge in [0.05, 0.1) is 17.0 Å². The van der Waals surface area contributed by atoms with Gasteiger partial charge >= 0.3 is 0 Å². The summed E-state index contributed by atoms with van der Waals surface area (Å²) in [5.74, 6) is 0.773. The number of amides is 1. The van der Waals surface area contributed by atoms with Crippen LogP contribution in [0.1, 0.15) is 5.82 Å². The number of hydrogen-bond donors (Lipinski definition) is 2. The zero-order valence-corrected chi connectivity index (χ0v) is 14.2. The van der Waals surface area contributed by atoms with E-state index < -0.39 is 0 Å². The molecule has 118 valence electrons. The molecule has 2 heterocycles. The maximum Gasteiger partial charge on any atom is 0.268 e. The van der Waals surface area contributed by atoms with Crippen LogP contribution in [0.25, 0.3) is 20.7 Å². The second kappa shape index (κ2) is 6.74. The first-order chi connectivity index (χ1) is 11.0. The summed E-state index contributed by atoms with van der Waals surface area (Å²) < 4.78 is 0.582. The Morgan fingerprint density at radius 1 is 1.35 bits per heavy atom. The molecule has 23 heavy (non-hydrogen) atoms. The van der Waals surface area contributed by atoms with Crippen LogP contribution in [0.5, 0.6) is 0 Å². The van der Waals surface area contributed by atoms with Crippen molar-refractivity contribution >= 4 is 50.8 Å². The minimum Gasteiger partial charge on any atom is -0.369 e. The number of thiophene rings is 1. The number of nitrogens with two attached hydrogens (primary N) is 1. The molecule has 0 saturated heterocycles. The summed E-state index contributed by atoms with van der Waals surface area (Å²) in [6, 6.07) is 9.33. The minimum absolute atomic E-state index is 0.171. The molecule has 3 aromatic rings. The van der Waals surface area contributed by atoms with Gasteiger partial charge in [-0.05, 0) is 23.8 Å². The molecule has 1 amide bonds. The second-order valence-corrected chi connectivity index (χ2v) is 7.28. The SMILES string of the molecule is NC(=O)CSCc1nc2cc(-c3ccc(Cl)cc3)sc2c(=O)[nH]1. The lowest BCUT2D eigenvalue weighted by Gasteiger charge is -1.99. The van der Waals surface area contributed by atoms with Gasteiger partial charge in [-0.15, -0.1) is 23.1 Å². The van der Waals surface area contributed by atoms with Crippen molar-refractivity contribution in [2.45, 2.75) is 5.75 Å². The van der Waals surface area contributed by atoms with Gasteiger partial charge in [0, 0.05) is 9.90 Å². The average molecular weight is 366 g/mol. The van der Waals surface area contributed by atoms with E-state index in [4.69, 9.17) is 17.3 Å². The van der Waals surface area contributed by atoms with E-state index >= 15 is 0 Å². The van der Waals surface area contributed by atoms with E-state index in [-0.39, 0.29) is 17.2 Å². The van der Waals surface area contributed by atoms with Gasteiger partial charge in [0.1, 0.15) is 10.5 Å². The van der Waals surface area contributed by atoms with E-state index in [1.165, 1.54) is 23.1 Å². The van der Waals surface area contributed by atoms with Gasteiger partial charge in [-0.2, -0.15) is 0 Å². The lowest BCUT2D eigenvalue weighted by Crippen LogP contribution is -2.14. The molecule has 0 aliphatic rings. The highest BCUT2D eigenvalue weighted by molar-refractivity contribution is 7.99. The predicted octanol–water partition coefficient (Wildman–Crippen LogP) is 3.02. The highest BCUT2D eigenvalue weighted by Gasteiger charge is 2.10. The van der Waals surface area contributed by atoms with Crippen molar-refractivity contribution in [3.8, 4) is 10.4 Å². The summed E-state index contributed by atoms with van der Waals surface area (Å²) >= 11 is 8.60. The van der Waals surface area contributed by atoms with Crippen molar-refractivity contribution in [1.29, 1.82) is 0 Å². The number of aromatic nitrogens is 2. The number of rotatable bonds is 5. The first kappa shape index (κ1) is 16.0. The average Bonchev–Trinajstić information content (AvgIpc) is 2.92. The number of thioether (sulfide) groups is 1. The number of nitrogens with zero attached hydrogens (tertiary/aromatic N) is 1. The standard InChI is InChI=1S/C15H12ClN3O2S2/c16-9-3-1-8(2-4-9)11-5-10-14(23-11)15(21)19-13(18-10)7-22-6-12(17)20/h1-5H,6-7H2,(H2,17,20)(H,18,19,21). The van der Waals surface area contributed by atoms with Crippen molar-refractivity contribution in [3.05, 3.63) is 51.5 Å². The van der Waals surface area contributed by atoms with Crippen LogP contribution in [0, 0.1) is 0 Å². The number of benzene rings is 1. The zero-order chi connectivity index (χ0) is 16.4. The second-order valence-electron chi connectivity index (χ2n) is 4.80. The lowest BCUT2D eigenvalue weighted by molar-refractivity contribution is -0.115. The molecule has 0 atom stereocenters. The fourth-order valence-corrected chi connectivity index (χ4v) is 3.82. The molecule has 1 aromatic carbocycles. The molecular weight excluding hydrogens is 354 g/mol. The van der Waals surface area contributed by atoms with Crippen molar-refractivity contribution in [1.82, 2.24) is 9.97 Å². The van der Waals surface area contributed by atoms with Crippen LogP contribution in [0.3, 0.4) is 0 Å². The quantitative estimate of drug-likeness (QED) is 0.727. The summed E-state index contributed by atoms with van der Waals surface area (Å²) in [4.78, 5) is 31.1. The molecule has 0 bridgehead atoms. The van der Waals surface area contributed by atoms with Gasteiger partial charge in [-0.25, -0.2) is 4.98 Å². The first-order valence-electron chi connectivity index (χ1n) is 6.67. The predicted molar refractivity (Wildman–Crippen MR) is 96.0 cm³/mol. The third kappa shape index (κ3) is 3.74. The number of primary amides is 1. The molecule has 0 fully saturated rings. The molecular formula is C15H12ClN3O2S2. The van der Waals surface area contributed by atoms with Crippen molar-refractivity contribution in [2.75, 3.05) is 5.75 Å². The Balaban J connectivity index is 1.93. The number of nitrogens with one attached hydrogen (secondary N) is 1. The topological polar surface area (TPSA) is 88.8 Å². The van der Waals surface area contributed by atoms with E-state index in [1.54, 1.807) is 0 Å². The van der Waals surface area contributed by atoms with Gasteiger partial charge in [0.25, 0.3) is 5.56 Å². The number of aromatic amines is 1. The fourth-order valence-electron chi connectivity index (χ4n) is 2.06. The number of halogens is 1. The maximum atomic E-state index is 12.2. The molecule has 0 unspecified atom stereocenters. The third-order valence-electron chi connectivity index (χ3n) is 3.04. The molecule has 8 heteroatoms. The van der Waals surface area contributed by atoms with Gasteiger partial charge in [0.2, 0.25) is 5.91 Å². The molecule has 5 nitrogen and oxygen atoms in total. The highest BCUT2D eigenvalue weighted by Crippen LogP contribution is 2.31. The molecule has 3 N–H and O–H groups in total. The number of fused-ring (bicyclic) bond motifs is 1. The maximum absolute atomic E-state index is 12.2. The molecule has 3 rings (SSSR count). The van der Waals surface area contributed by atoms with Gasteiger partial charge < -0.3 is 10.7 Å².